The zero-order chi connectivity index (χ0) is 13.3. The summed E-state index contributed by atoms with van der Waals surface area (Å²) in [5, 5.41) is 0. The van der Waals surface area contributed by atoms with E-state index < -0.39 is 0 Å². The molecule has 0 aliphatic rings. The zero-order valence-corrected chi connectivity index (χ0v) is 11.9. The Morgan fingerprint density at radius 2 is 1.94 bits per heavy atom. The van der Waals surface area contributed by atoms with E-state index in [1.807, 2.05) is 26.2 Å². The highest BCUT2D eigenvalue weighted by Gasteiger charge is 2.09. The van der Waals surface area contributed by atoms with Gasteiger partial charge in [0.1, 0.15) is 10.5 Å². The molecule has 0 aromatic carbocycles. The summed E-state index contributed by atoms with van der Waals surface area (Å²) in [7, 11) is 0. The van der Waals surface area contributed by atoms with Crippen molar-refractivity contribution in [2.75, 3.05) is 0 Å². The van der Waals surface area contributed by atoms with E-state index in [0.717, 1.165) is 28.2 Å². The lowest BCUT2D eigenvalue weighted by molar-refractivity contribution is 0.770. The van der Waals surface area contributed by atoms with Crippen molar-refractivity contribution >= 4 is 12.2 Å². The largest absolute Gasteiger partial charge is 0.343 e. The Morgan fingerprint density at radius 1 is 1.22 bits per heavy atom. The van der Waals surface area contributed by atoms with Gasteiger partial charge in [-0.1, -0.05) is 26.1 Å². The van der Waals surface area contributed by atoms with Crippen molar-refractivity contribution in [3.63, 3.8) is 0 Å². The molecule has 0 saturated carbocycles. The van der Waals surface area contributed by atoms with Crippen LogP contribution in [0.3, 0.4) is 0 Å². The van der Waals surface area contributed by atoms with Crippen LogP contribution in [0.15, 0.2) is 18.5 Å². The smallest absolute Gasteiger partial charge is 0.133 e. The van der Waals surface area contributed by atoms with Crippen molar-refractivity contribution in [1.29, 1.82) is 0 Å². The highest BCUT2D eigenvalue weighted by Crippen LogP contribution is 2.23. The lowest BCUT2D eigenvalue weighted by Gasteiger charge is -2.11. The molecule has 3 nitrogen and oxygen atoms in total. The summed E-state index contributed by atoms with van der Waals surface area (Å²) < 4.78 is 0.661. The number of pyridine rings is 1. The average molecular weight is 259 g/mol. The SMILES string of the molecule is Cc1cncc(-c2[nH]c(C(C)C)nc(=S)c2C)c1. The normalized spacial score (nSPS) is 10.9. The van der Waals surface area contributed by atoms with Gasteiger partial charge in [-0.25, -0.2) is 4.98 Å². The van der Waals surface area contributed by atoms with E-state index in [2.05, 4.69) is 34.9 Å². The molecule has 0 bridgehead atoms. The molecule has 2 rings (SSSR count). The molecule has 0 saturated heterocycles. The van der Waals surface area contributed by atoms with Crippen LogP contribution in [0.2, 0.25) is 0 Å². The molecule has 0 spiro atoms. The highest BCUT2D eigenvalue weighted by molar-refractivity contribution is 7.71. The van der Waals surface area contributed by atoms with Crippen molar-refractivity contribution in [2.45, 2.75) is 33.6 Å². The van der Waals surface area contributed by atoms with E-state index in [1.54, 1.807) is 0 Å². The molecule has 0 atom stereocenters. The van der Waals surface area contributed by atoms with Crippen LogP contribution in [0, 0.1) is 18.5 Å². The zero-order valence-electron chi connectivity index (χ0n) is 11.1. The maximum atomic E-state index is 5.33. The lowest BCUT2D eigenvalue weighted by Crippen LogP contribution is -2.02. The summed E-state index contributed by atoms with van der Waals surface area (Å²) in [4.78, 5) is 12.0. The van der Waals surface area contributed by atoms with Crippen molar-refractivity contribution in [3.05, 3.63) is 40.1 Å². The fraction of sp³-hybridized carbons (Fsp3) is 0.357. The number of hydrogen-bond donors (Lipinski definition) is 1. The first kappa shape index (κ1) is 12.9. The molecule has 2 heterocycles. The van der Waals surface area contributed by atoms with Gasteiger partial charge in [-0.15, -0.1) is 0 Å². The molecule has 0 unspecified atom stereocenters. The molecule has 0 amide bonds. The Labute approximate surface area is 112 Å². The predicted octanol–water partition coefficient (Wildman–Crippen LogP) is 3.94. The fourth-order valence-corrected chi connectivity index (χ4v) is 2.00. The summed E-state index contributed by atoms with van der Waals surface area (Å²) >= 11 is 5.33. The molecule has 94 valence electrons. The van der Waals surface area contributed by atoms with Crippen LogP contribution in [0.5, 0.6) is 0 Å². The molecule has 0 aliphatic carbocycles. The quantitative estimate of drug-likeness (QED) is 0.830. The van der Waals surface area contributed by atoms with Gasteiger partial charge in [-0.05, 0) is 25.5 Å². The molecular formula is C14H17N3S. The Kier molecular flexibility index (Phi) is 3.57. The average Bonchev–Trinajstić information content (AvgIpc) is 2.32. The molecule has 0 aliphatic heterocycles. The Bertz CT molecular complexity index is 629. The van der Waals surface area contributed by atoms with Gasteiger partial charge >= 0.3 is 0 Å². The minimum atomic E-state index is 0.323. The van der Waals surface area contributed by atoms with E-state index in [4.69, 9.17) is 12.2 Å². The topological polar surface area (TPSA) is 41.6 Å². The Balaban J connectivity index is 2.67. The third kappa shape index (κ3) is 2.48. The van der Waals surface area contributed by atoms with Crippen molar-refractivity contribution in [2.24, 2.45) is 0 Å². The van der Waals surface area contributed by atoms with E-state index >= 15 is 0 Å². The summed E-state index contributed by atoms with van der Waals surface area (Å²) in [5.74, 6) is 1.24. The van der Waals surface area contributed by atoms with Crippen LogP contribution in [0.1, 0.15) is 36.7 Å². The molecule has 0 fully saturated rings. The Morgan fingerprint density at radius 3 is 2.56 bits per heavy atom. The minimum absolute atomic E-state index is 0.323. The standard InChI is InChI=1S/C14H17N3S/c1-8(2)13-16-12(10(4)14(18)17-13)11-5-9(3)6-15-7-11/h5-8H,1-4H3,(H,16,17,18). The lowest BCUT2D eigenvalue weighted by atomic mass is 10.1. The summed E-state index contributed by atoms with van der Waals surface area (Å²) in [6.45, 7) is 8.22. The van der Waals surface area contributed by atoms with Gasteiger partial charge in [0, 0.05) is 29.4 Å². The second kappa shape index (κ2) is 4.98. The minimum Gasteiger partial charge on any atom is -0.343 e. The monoisotopic (exact) mass is 259 g/mol. The number of nitrogens with zero attached hydrogens (tertiary/aromatic N) is 2. The predicted molar refractivity (Wildman–Crippen MR) is 76.2 cm³/mol. The molecule has 18 heavy (non-hydrogen) atoms. The van der Waals surface area contributed by atoms with Gasteiger partial charge in [0.15, 0.2) is 0 Å². The van der Waals surface area contributed by atoms with E-state index in [9.17, 15) is 0 Å². The second-order valence-electron chi connectivity index (χ2n) is 4.83. The van der Waals surface area contributed by atoms with Crippen LogP contribution >= 0.6 is 12.2 Å². The first-order valence-electron chi connectivity index (χ1n) is 6.02. The number of nitrogens with one attached hydrogen (secondary N) is 1. The van der Waals surface area contributed by atoms with E-state index in [-0.39, 0.29) is 0 Å². The molecule has 2 aromatic heterocycles. The first-order valence-corrected chi connectivity index (χ1v) is 6.42. The van der Waals surface area contributed by atoms with Gasteiger partial charge in [-0.2, -0.15) is 0 Å². The summed E-state index contributed by atoms with van der Waals surface area (Å²) in [5.41, 5.74) is 4.22. The van der Waals surface area contributed by atoms with E-state index in [1.165, 1.54) is 0 Å². The summed E-state index contributed by atoms with van der Waals surface area (Å²) in [6.07, 6.45) is 3.70. The maximum absolute atomic E-state index is 5.33. The number of aromatic amines is 1. The van der Waals surface area contributed by atoms with E-state index in [0.29, 0.717) is 10.6 Å². The number of H-pyrrole nitrogens is 1. The van der Waals surface area contributed by atoms with Crippen molar-refractivity contribution in [3.8, 4) is 11.3 Å². The summed E-state index contributed by atoms with van der Waals surface area (Å²) in [6, 6.07) is 2.10. The molecule has 1 N–H and O–H groups in total. The van der Waals surface area contributed by atoms with Crippen LogP contribution in [-0.4, -0.2) is 15.0 Å². The first-order chi connectivity index (χ1) is 8.49. The van der Waals surface area contributed by atoms with Gasteiger partial charge in [0.05, 0.1) is 5.69 Å². The highest BCUT2D eigenvalue weighted by atomic mass is 32.1. The van der Waals surface area contributed by atoms with Gasteiger partial charge in [0.2, 0.25) is 0 Å². The van der Waals surface area contributed by atoms with Crippen LogP contribution in [0.4, 0.5) is 0 Å². The molecule has 4 heteroatoms. The third-order valence-electron chi connectivity index (χ3n) is 2.88. The maximum Gasteiger partial charge on any atom is 0.133 e. The molecule has 0 radical (unpaired) electrons. The van der Waals surface area contributed by atoms with Crippen LogP contribution in [0.25, 0.3) is 11.3 Å². The van der Waals surface area contributed by atoms with Crippen LogP contribution in [-0.2, 0) is 0 Å². The number of rotatable bonds is 2. The van der Waals surface area contributed by atoms with Crippen LogP contribution < -0.4 is 0 Å². The number of hydrogen-bond acceptors (Lipinski definition) is 3. The van der Waals surface area contributed by atoms with Crippen molar-refractivity contribution < 1.29 is 0 Å². The number of aryl methyl sites for hydroxylation is 1. The number of aromatic nitrogens is 3. The molecular weight excluding hydrogens is 242 g/mol. The fourth-order valence-electron chi connectivity index (χ4n) is 1.80. The second-order valence-corrected chi connectivity index (χ2v) is 5.22. The van der Waals surface area contributed by atoms with Crippen molar-refractivity contribution in [1.82, 2.24) is 15.0 Å². The molecule has 2 aromatic rings. The van der Waals surface area contributed by atoms with Gasteiger partial charge < -0.3 is 4.98 Å². The third-order valence-corrected chi connectivity index (χ3v) is 3.28. The van der Waals surface area contributed by atoms with Gasteiger partial charge in [-0.3, -0.25) is 4.98 Å². The Hall–Kier alpha value is -1.55. The van der Waals surface area contributed by atoms with Gasteiger partial charge in [0.25, 0.3) is 0 Å².